The van der Waals surface area contributed by atoms with Crippen molar-refractivity contribution in [2.24, 2.45) is 10.9 Å². The first kappa shape index (κ1) is 24.9. The van der Waals surface area contributed by atoms with E-state index in [0.717, 1.165) is 25.9 Å². The van der Waals surface area contributed by atoms with Crippen LogP contribution in [0.4, 0.5) is 0 Å². The minimum absolute atomic E-state index is 0. The number of carbonyl (C=O) groups is 2. The van der Waals surface area contributed by atoms with Crippen LogP contribution >= 0.6 is 24.0 Å². The zero-order valence-corrected chi connectivity index (χ0v) is 19.5. The molecule has 0 unspecified atom stereocenters. The first-order valence-corrected chi connectivity index (χ1v) is 9.61. The molecular formula is C18H34IN5O4. The number of hydrogen-bond acceptors (Lipinski definition) is 5. The van der Waals surface area contributed by atoms with Crippen molar-refractivity contribution in [3.05, 3.63) is 0 Å². The quantitative estimate of drug-likeness (QED) is 0.231. The number of morpholine rings is 1. The van der Waals surface area contributed by atoms with Crippen LogP contribution in [0.3, 0.4) is 0 Å². The first-order valence-electron chi connectivity index (χ1n) is 9.61. The van der Waals surface area contributed by atoms with Crippen LogP contribution in [-0.4, -0.2) is 113 Å². The van der Waals surface area contributed by atoms with E-state index in [9.17, 15) is 9.59 Å². The predicted molar refractivity (Wildman–Crippen MR) is 118 cm³/mol. The van der Waals surface area contributed by atoms with Gasteiger partial charge in [0.05, 0.1) is 19.8 Å². The summed E-state index contributed by atoms with van der Waals surface area (Å²) in [6.45, 7) is 5.43. The number of rotatable bonds is 6. The fraction of sp³-hybridized carbons (Fsp3) is 0.833. The Morgan fingerprint density at radius 1 is 1.14 bits per heavy atom. The average Bonchev–Trinajstić information content (AvgIpc) is 2.70. The number of ether oxygens (including phenoxy) is 2. The van der Waals surface area contributed by atoms with Crippen LogP contribution in [0.5, 0.6) is 0 Å². The fourth-order valence-corrected chi connectivity index (χ4v) is 3.20. The number of hydrogen-bond donors (Lipinski definition) is 1. The predicted octanol–water partition coefficient (Wildman–Crippen LogP) is -0.145. The van der Waals surface area contributed by atoms with Crippen molar-refractivity contribution < 1.29 is 19.1 Å². The van der Waals surface area contributed by atoms with Gasteiger partial charge in [-0.25, -0.2) is 4.99 Å². The molecule has 0 aromatic carbocycles. The van der Waals surface area contributed by atoms with Gasteiger partial charge < -0.3 is 29.5 Å². The normalized spacial score (nSPS) is 18.5. The molecule has 0 aromatic heterocycles. The van der Waals surface area contributed by atoms with Crippen LogP contribution in [0.1, 0.15) is 12.8 Å². The summed E-state index contributed by atoms with van der Waals surface area (Å²) in [5, 5.41) is 3.26. The van der Waals surface area contributed by atoms with Crippen molar-refractivity contribution in [1.82, 2.24) is 20.0 Å². The zero-order chi connectivity index (χ0) is 19.6. The van der Waals surface area contributed by atoms with Gasteiger partial charge in [0, 0.05) is 59.8 Å². The van der Waals surface area contributed by atoms with Gasteiger partial charge in [-0.3, -0.25) is 9.59 Å². The van der Waals surface area contributed by atoms with Crippen LogP contribution in [0.15, 0.2) is 4.99 Å². The summed E-state index contributed by atoms with van der Waals surface area (Å²) in [4.78, 5) is 34.6. The van der Waals surface area contributed by atoms with E-state index in [-0.39, 0.29) is 48.3 Å². The second-order valence-corrected chi connectivity index (χ2v) is 7.05. The Labute approximate surface area is 184 Å². The molecule has 2 saturated heterocycles. The molecule has 0 saturated carbocycles. The molecule has 0 spiro atoms. The Bertz CT molecular complexity index is 518. The fourth-order valence-electron chi connectivity index (χ4n) is 3.20. The molecule has 2 rings (SSSR count). The lowest BCUT2D eigenvalue weighted by Gasteiger charge is -2.36. The van der Waals surface area contributed by atoms with Gasteiger partial charge in [-0.15, -0.1) is 24.0 Å². The molecule has 2 amide bonds. The van der Waals surface area contributed by atoms with E-state index in [1.807, 2.05) is 4.90 Å². The van der Waals surface area contributed by atoms with E-state index in [4.69, 9.17) is 9.47 Å². The molecule has 1 N–H and O–H groups in total. The van der Waals surface area contributed by atoms with Gasteiger partial charge in [0.2, 0.25) is 11.8 Å². The summed E-state index contributed by atoms with van der Waals surface area (Å²) in [5.41, 5.74) is 0. The molecule has 0 radical (unpaired) electrons. The number of methoxy groups -OCH3 is 1. The van der Waals surface area contributed by atoms with Crippen molar-refractivity contribution in [1.29, 1.82) is 0 Å². The van der Waals surface area contributed by atoms with Gasteiger partial charge in [-0.2, -0.15) is 0 Å². The Balaban J connectivity index is 0.00000392. The van der Waals surface area contributed by atoms with Gasteiger partial charge in [0.25, 0.3) is 0 Å². The van der Waals surface area contributed by atoms with Crippen LogP contribution in [0.2, 0.25) is 0 Å². The standard InChI is InChI=1S/C18H33N5O4.HI/c1-21(2)16(24)14-20-18(19-6-11-26-3)23-7-4-15(5-8-23)17(25)22-9-12-27-13-10-22;/h15H,4-14H2,1-3H3,(H,19,20);1H. The van der Waals surface area contributed by atoms with Crippen LogP contribution in [0, 0.1) is 5.92 Å². The second kappa shape index (κ2) is 13.2. The number of likely N-dealkylation sites (tertiary alicyclic amines) is 1. The third-order valence-electron chi connectivity index (χ3n) is 4.92. The number of guanidine groups is 1. The molecule has 2 aliphatic rings. The minimum atomic E-state index is -0.0431. The lowest BCUT2D eigenvalue weighted by Crippen LogP contribution is -2.50. The van der Waals surface area contributed by atoms with Gasteiger partial charge in [0.1, 0.15) is 6.54 Å². The molecule has 0 bridgehead atoms. The molecule has 0 aromatic rings. The van der Waals surface area contributed by atoms with E-state index in [2.05, 4.69) is 15.2 Å². The molecule has 28 heavy (non-hydrogen) atoms. The van der Waals surface area contributed by atoms with Crippen LogP contribution in [-0.2, 0) is 19.1 Å². The lowest BCUT2D eigenvalue weighted by molar-refractivity contribution is -0.140. The molecule has 9 nitrogen and oxygen atoms in total. The van der Waals surface area contributed by atoms with Crippen molar-refractivity contribution in [2.45, 2.75) is 12.8 Å². The van der Waals surface area contributed by atoms with Crippen molar-refractivity contribution in [2.75, 3.05) is 80.3 Å². The molecule has 2 fully saturated rings. The van der Waals surface area contributed by atoms with Gasteiger partial charge in [0.15, 0.2) is 5.96 Å². The topological polar surface area (TPSA) is 86.7 Å². The number of aliphatic imine (C=N–C) groups is 1. The number of halogens is 1. The molecule has 2 heterocycles. The Morgan fingerprint density at radius 3 is 2.36 bits per heavy atom. The average molecular weight is 511 g/mol. The summed E-state index contributed by atoms with van der Waals surface area (Å²) in [6, 6.07) is 0. The van der Waals surface area contributed by atoms with E-state index >= 15 is 0 Å². The molecule has 2 aliphatic heterocycles. The number of carbonyl (C=O) groups excluding carboxylic acids is 2. The number of piperidine rings is 1. The Morgan fingerprint density at radius 2 is 1.79 bits per heavy atom. The van der Waals surface area contributed by atoms with Crippen molar-refractivity contribution >= 4 is 41.8 Å². The third-order valence-corrected chi connectivity index (χ3v) is 4.92. The first-order chi connectivity index (χ1) is 13.0. The minimum Gasteiger partial charge on any atom is -0.383 e. The molecular weight excluding hydrogens is 477 g/mol. The van der Waals surface area contributed by atoms with Crippen LogP contribution < -0.4 is 5.32 Å². The van der Waals surface area contributed by atoms with Crippen molar-refractivity contribution in [3.63, 3.8) is 0 Å². The van der Waals surface area contributed by atoms with Gasteiger partial charge >= 0.3 is 0 Å². The highest BCUT2D eigenvalue weighted by Crippen LogP contribution is 2.20. The zero-order valence-electron chi connectivity index (χ0n) is 17.2. The number of nitrogens with one attached hydrogen (secondary N) is 1. The van der Waals surface area contributed by atoms with E-state index in [0.29, 0.717) is 45.4 Å². The van der Waals surface area contributed by atoms with E-state index in [1.54, 1.807) is 21.2 Å². The Kier molecular flexibility index (Phi) is 11.7. The monoisotopic (exact) mass is 511 g/mol. The van der Waals surface area contributed by atoms with E-state index < -0.39 is 0 Å². The van der Waals surface area contributed by atoms with Crippen LogP contribution in [0.25, 0.3) is 0 Å². The second-order valence-electron chi connectivity index (χ2n) is 7.05. The maximum atomic E-state index is 12.7. The summed E-state index contributed by atoms with van der Waals surface area (Å²) >= 11 is 0. The van der Waals surface area contributed by atoms with Gasteiger partial charge in [-0.05, 0) is 12.8 Å². The maximum absolute atomic E-state index is 12.7. The number of likely N-dealkylation sites (N-methyl/N-ethyl adjacent to an activating group) is 1. The molecule has 162 valence electrons. The third kappa shape index (κ3) is 7.70. The summed E-state index contributed by atoms with van der Waals surface area (Å²) in [7, 11) is 5.09. The maximum Gasteiger partial charge on any atom is 0.243 e. The largest absolute Gasteiger partial charge is 0.383 e. The summed E-state index contributed by atoms with van der Waals surface area (Å²) in [5.74, 6) is 0.965. The SMILES string of the molecule is COCCNC(=NCC(=O)N(C)C)N1CCC(C(=O)N2CCOCC2)CC1.I. The molecule has 0 atom stereocenters. The lowest BCUT2D eigenvalue weighted by atomic mass is 9.95. The van der Waals surface area contributed by atoms with Crippen molar-refractivity contribution in [3.8, 4) is 0 Å². The Hall–Kier alpha value is -1.14. The molecule has 10 heteroatoms. The highest BCUT2D eigenvalue weighted by atomic mass is 127. The highest BCUT2D eigenvalue weighted by molar-refractivity contribution is 14.0. The summed E-state index contributed by atoms with van der Waals surface area (Å²) < 4.78 is 10.4. The van der Waals surface area contributed by atoms with Gasteiger partial charge in [-0.1, -0.05) is 0 Å². The number of nitrogens with zero attached hydrogens (tertiary/aromatic N) is 4. The smallest absolute Gasteiger partial charge is 0.243 e. The molecule has 0 aliphatic carbocycles. The van der Waals surface area contributed by atoms with E-state index in [1.165, 1.54) is 4.90 Å². The number of amides is 2. The summed E-state index contributed by atoms with van der Waals surface area (Å²) in [6.07, 6.45) is 1.59. The highest BCUT2D eigenvalue weighted by Gasteiger charge is 2.30.